The van der Waals surface area contributed by atoms with Gasteiger partial charge in [-0.25, -0.2) is 9.69 Å². The highest BCUT2D eigenvalue weighted by Gasteiger charge is 2.41. The number of carbonyl (C=O) groups excluding carboxylic acids is 3. The van der Waals surface area contributed by atoms with Gasteiger partial charge in [0, 0.05) is 36.1 Å². The number of H-pyrrole nitrogens is 1. The second-order valence-electron chi connectivity index (χ2n) is 8.13. The molecule has 0 bridgehead atoms. The maximum absolute atomic E-state index is 13.0. The number of aromatic nitrogens is 1. The van der Waals surface area contributed by atoms with Gasteiger partial charge in [0.05, 0.1) is 12.8 Å². The van der Waals surface area contributed by atoms with Crippen LogP contribution in [0.2, 0.25) is 0 Å². The zero-order chi connectivity index (χ0) is 22.2. The van der Waals surface area contributed by atoms with Crippen LogP contribution in [-0.4, -0.2) is 65.4 Å². The number of carbonyl (C=O) groups is 3. The van der Waals surface area contributed by atoms with Crippen molar-refractivity contribution in [1.82, 2.24) is 14.8 Å². The highest BCUT2D eigenvalue weighted by atomic mass is 16.5. The number of rotatable bonds is 4. The van der Waals surface area contributed by atoms with E-state index in [0.29, 0.717) is 37.3 Å². The molecule has 0 atom stereocenters. The highest BCUT2D eigenvalue weighted by Crippen LogP contribution is 2.27. The van der Waals surface area contributed by atoms with E-state index in [4.69, 9.17) is 4.74 Å². The average Bonchev–Trinajstić information content (AvgIpc) is 3.39. The van der Waals surface area contributed by atoms with Crippen LogP contribution in [0.3, 0.4) is 0 Å². The third-order valence-corrected chi connectivity index (χ3v) is 6.26. The molecule has 2 fully saturated rings. The number of nitrogens with zero attached hydrogens (tertiary/aromatic N) is 3. The maximum atomic E-state index is 13.0. The minimum atomic E-state index is -0.282. The number of anilines is 1. The van der Waals surface area contributed by atoms with Crippen molar-refractivity contribution < 1.29 is 19.1 Å². The summed E-state index contributed by atoms with van der Waals surface area (Å²) in [6, 6.07) is 16.1. The van der Waals surface area contributed by atoms with Crippen LogP contribution in [0.25, 0.3) is 10.9 Å². The third kappa shape index (κ3) is 3.47. The molecule has 8 heteroatoms. The predicted octanol–water partition coefficient (Wildman–Crippen LogP) is 3.25. The Morgan fingerprint density at radius 1 is 1.03 bits per heavy atom. The van der Waals surface area contributed by atoms with E-state index in [1.54, 1.807) is 29.0 Å². The summed E-state index contributed by atoms with van der Waals surface area (Å²) >= 11 is 0. The standard InChI is InChI=1S/C24H24N4O4/c1-32-19-8-7-16-13-21(25-20(16)14-19)23(30)26-11-9-17(10-12-26)27-15-22(29)28(24(27)31)18-5-3-2-4-6-18/h2-8,13-14,17,25H,9-12,15H2,1H3. The number of likely N-dealkylation sites (tertiary alicyclic amines) is 1. The van der Waals surface area contributed by atoms with Gasteiger partial charge >= 0.3 is 6.03 Å². The van der Waals surface area contributed by atoms with Crippen molar-refractivity contribution in [2.75, 3.05) is 31.6 Å². The molecule has 0 unspecified atom stereocenters. The van der Waals surface area contributed by atoms with Crippen LogP contribution in [0.15, 0.2) is 54.6 Å². The number of hydrogen-bond acceptors (Lipinski definition) is 4. The molecule has 164 valence electrons. The average molecular weight is 432 g/mol. The van der Waals surface area contributed by atoms with Gasteiger partial charge < -0.3 is 19.5 Å². The Morgan fingerprint density at radius 2 is 1.78 bits per heavy atom. The predicted molar refractivity (Wildman–Crippen MR) is 120 cm³/mol. The first-order chi connectivity index (χ1) is 15.5. The van der Waals surface area contributed by atoms with Crippen molar-refractivity contribution in [2.24, 2.45) is 0 Å². The van der Waals surface area contributed by atoms with E-state index in [1.165, 1.54) is 4.90 Å². The fraction of sp³-hybridized carbons (Fsp3) is 0.292. The third-order valence-electron chi connectivity index (χ3n) is 6.26. The van der Waals surface area contributed by atoms with Gasteiger partial charge in [0.1, 0.15) is 18.0 Å². The molecule has 8 nitrogen and oxygen atoms in total. The topological polar surface area (TPSA) is 85.9 Å². The first-order valence-electron chi connectivity index (χ1n) is 10.7. The first-order valence-corrected chi connectivity index (χ1v) is 10.7. The number of hydrogen-bond donors (Lipinski definition) is 1. The number of benzene rings is 2. The van der Waals surface area contributed by atoms with Crippen LogP contribution in [0.5, 0.6) is 5.75 Å². The number of fused-ring (bicyclic) bond motifs is 1. The Balaban J connectivity index is 1.25. The number of amides is 4. The summed E-state index contributed by atoms with van der Waals surface area (Å²) in [5, 5.41) is 0.950. The fourth-order valence-corrected chi connectivity index (χ4v) is 4.54. The van der Waals surface area contributed by atoms with Gasteiger partial charge in [0.25, 0.3) is 11.8 Å². The number of ether oxygens (including phenoxy) is 1. The number of urea groups is 1. The lowest BCUT2D eigenvalue weighted by Gasteiger charge is -2.36. The van der Waals surface area contributed by atoms with Gasteiger partial charge in [-0.05, 0) is 43.2 Å². The molecule has 0 aliphatic carbocycles. The number of para-hydroxylation sites is 1. The fourth-order valence-electron chi connectivity index (χ4n) is 4.54. The van der Waals surface area contributed by atoms with Gasteiger partial charge in [0.2, 0.25) is 0 Å². The zero-order valence-corrected chi connectivity index (χ0v) is 17.8. The first kappa shape index (κ1) is 20.1. The van der Waals surface area contributed by atoms with Crippen molar-refractivity contribution in [2.45, 2.75) is 18.9 Å². The van der Waals surface area contributed by atoms with E-state index in [0.717, 1.165) is 16.7 Å². The second-order valence-corrected chi connectivity index (χ2v) is 8.13. The second kappa shape index (κ2) is 8.03. The molecular formula is C24H24N4O4. The summed E-state index contributed by atoms with van der Waals surface area (Å²) < 4.78 is 5.25. The molecule has 2 aliphatic heterocycles. The Morgan fingerprint density at radius 3 is 2.50 bits per heavy atom. The normalized spacial score (nSPS) is 17.5. The minimum absolute atomic E-state index is 0.0591. The van der Waals surface area contributed by atoms with E-state index in [1.807, 2.05) is 42.5 Å². The SMILES string of the molecule is COc1ccc2cc(C(=O)N3CCC(N4CC(=O)N(c5ccccc5)C4=O)CC3)[nH]c2c1. The smallest absolute Gasteiger partial charge is 0.332 e. The zero-order valence-electron chi connectivity index (χ0n) is 17.8. The molecule has 0 radical (unpaired) electrons. The Kier molecular flexibility index (Phi) is 5.05. The Hall–Kier alpha value is -3.81. The van der Waals surface area contributed by atoms with E-state index < -0.39 is 0 Å². The van der Waals surface area contributed by atoms with Crippen LogP contribution in [-0.2, 0) is 4.79 Å². The Bertz CT molecular complexity index is 1180. The van der Waals surface area contributed by atoms with E-state index >= 15 is 0 Å². The molecule has 1 N–H and O–H groups in total. The lowest BCUT2D eigenvalue weighted by atomic mass is 10.0. The molecule has 0 spiro atoms. The van der Waals surface area contributed by atoms with Gasteiger partial charge in [-0.3, -0.25) is 9.59 Å². The lowest BCUT2D eigenvalue weighted by Crippen LogP contribution is -2.48. The molecule has 3 heterocycles. The summed E-state index contributed by atoms with van der Waals surface area (Å²) in [6.07, 6.45) is 1.28. The number of nitrogens with one attached hydrogen (secondary N) is 1. The van der Waals surface area contributed by atoms with E-state index in [9.17, 15) is 14.4 Å². The summed E-state index contributed by atoms with van der Waals surface area (Å²) in [4.78, 5) is 46.4. The molecule has 3 aromatic rings. The van der Waals surface area contributed by atoms with Gasteiger partial charge in [0.15, 0.2) is 0 Å². The monoisotopic (exact) mass is 432 g/mol. The van der Waals surface area contributed by atoms with Crippen molar-refractivity contribution in [3.8, 4) is 5.75 Å². The summed E-state index contributed by atoms with van der Waals surface area (Å²) in [6.45, 7) is 1.15. The van der Waals surface area contributed by atoms with Gasteiger partial charge in [-0.1, -0.05) is 18.2 Å². The molecule has 5 rings (SSSR count). The largest absolute Gasteiger partial charge is 0.497 e. The lowest BCUT2D eigenvalue weighted by molar-refractivity contribution is -0.116. The van der Waals surface area contributed by atoms with Gasteiger partial charge in [-0.2, -0.15) is 0 Å². The summed E-state index contributed by atoms with van der Waals surface area (Å²) in [7, 11) is 1.61. The van der Waals surface area contributed by atoms with Crippen molar-refractivity contribution in [1.29, 1.82) is 0 Å². The van der Waals surface area contributed by atoms with Crippen LogP contribution < -0.4 is 9.64 Å². The van der Waals surface area contributed by atoms with Crippen LogP contribution in [0.4, 0.5) is 10.5 Å². The Labute approximate surface area is 185 Å². The van der Waals surface area contributed by atoms with Crippen molar-refractivity contribution in [3.05, 3.63) is 60.3 Å². The van der Waals surface area contributed by atoms with Gasteiger partial charge in [-0.15, -0.1) is 0 Å². The minimum Gasteiger partial charge on any atom is -0.497 e. The van der Waals surface area contributed by atoms with E-state index in [2.05, 4.69) is 4.98 Å². The number of methoxy groups -OCH3 is 1. The van der Waals surface area contributed by atoms with Crippen LogP contribution in [0, 0.1) is 0 Å². The van der Waals surface area contributed by atoms with Crippen molar-refractivity contribution >= 4 is 34.4 Å². The van der Waals surface area contributed by atoms with E-state index in [-0.39, 0.29) is 30.4 Å². The number of aromatic amines is 1. The quantitative estimate of drug-likeness (QED) is 0.642. The van der Waals surface area contributed by atoms with Crippen LogP contribution >= 0.6 is 0 Å². The number of piperidine rings is 1. The summed E-state index contributed by atoms with van der Waals surface area (Å²) in [5.74, 6) is 0.454. The molecule has 32 heavy (non-hydrogen) atoms. The summed E-state index contributed by atoms with van der Waals surface area (Å²) in [5.41, 5.74) is 1.98. The molecule has 4 amide bonds. The van der Waals surface area contributed by atoms with Crippen molar-refractivity contribution in [3.63, 3.8) is 0 Å². The molecule has 2 saturated heterocycles. The number of imide groups is 1. The molecular weight excluding hydrogens is 408 g/mol. The molecule has 0 saturated carbocycles. The highest BCUT2D eigenvalue weighted by molar-refractivity contribution is 6.19. The maximum Gasteiger partial charge on any atom is 0.332 e. The molecule has 1 aromatic heterocycles. The molecule has 2 aliphatic rings. The molecule has 2 aromatic carbocycles. The van der Waals surface area contributed by atoms with Crippen LogP contribution in [0.1, 0.15) is 23.3 Å².